The molecule has 0 saturated carbocycles. The molecular formula is C23H33N3O2. The molecule has 0 radical (unpaired) electrons. The third-order valence-corrected chi connectivity index (χ3v) is 5.05. The first kappa shape index (κ1) is 21.7. The SMILES string of the molecule is C/C=C\C(=C/C)CNc1nc2cc(C(=O)O)ccc2n1C(C)CCCCCC. The highest BCUT2D eigenvalue weighted by Crippen LogP contribution is 2.28. The Morgan fingerprint density at radius 2 is 2.07 bits per heavy atom. The van der Waals surface area contributed by atoms with E-state index in [0.717, 1.165) is 23.4 Å². The molecule has 5 nitrogen and oxygen atoms in total. The Kier molecular flexibility index (Phi) is 8.30. The van der Waals surface area contributed by atoms with E-state index in [9.17, 15) is 9.90 Å². The van der Waals surface area contributed by atoms with Gasteiger partial charge in [0.1, 0.15) is 0 Å². The number of hydrogen-bond donors (Lipinski definition) is 2. The molecule has 2 aromatic rings. The quantitative estimate of drug-likeness (QED) is 0.358. The van der Waals surface area contributed by atoms with Crippen LogP contribution in [-0.4, -0.2) is 27.2 Å². The van der Waals surface area contributed by atoms with Gasteiger partial charge in [0, 0.05) is 12.6 Å². The standard InChI is InChI=1S/C23H33N3O2/c1-5-8-9-10-12-17(4)26-21-14-13-19(22(27)28)15-20(21)25-23(26)24-16-18(7-3)11-6-2/h6-7,11,13-15,17H,5,8-10,12,16H2,1-4H3,(H,24,25)(H,27,28)/b11-6-,18-7+. The van der Waals surface area contributed by atoms with Gasteiger partial charge in [-0.25, -0.2) is 9.78 Å². The molecule has 0 spiro atoms. The summed E-state index contributed by atoms with van der Waals surface area (Å²) < 4.78 is 2.22. The van der Waals surface area contributed by atoms with Crippen molar-refractivity contribution >= 4 is 23.0 Å². The summed E-state index contributed by atoms with van der Waals surface area (Å²) in [4.78, 5) is 16.1. The van der Waals surface area contributed by atoms with Crippen LogP contribution in [0.3, 0.4) is 0 Å². The van der Waals surface area contributed by atoms with Crippen LogP contribution >= 0.6 is 0 Å². The number of anilines is 1. The smallest absolute Gasteiger partial charge is 0.335 e. The summed E-state index contributed by atoms with van der Waals surface area (Å²) in [5.41, 5.74) is 3.14. The van der Waals surface area contributed by atoms with Crippen LogP contribution in [0.25, 0.3) is 11.0 Å². The largest absolute Gasteiger partial charge is 0.478 e. The number of carboxylic acids is 1. The zero-order valence-corrected chi connectivity index (χ0v) is 17.5. The van der Waals surface area contributed by atoms with E-state index in [0.29, 0.717) is 6.54 Å². The van der Waals surface area contributed by atoms with Crippen molar-refractivity contribution in [3.05, 3.63) is 47.6 Å². The van der Waals surface area contributed by atoms with E-state index in [1.807, 2.05) is 26.0 Å². The van der Waals surface area contributed by atoms with Crippen molar-refractivity contribution in [2.75, 3.05) is 11.9 Å². The van der Waals surface area contributed by atoms with Crippen LogP contribution < -0.4 is 5.32 Å². The van der Waals surface area contributed by atoms with Gasteiger partial charge >= 0.3 is 5.97 Å². The molecule has 2 rings (SSSR count). The van der Waals surface area contributed by atoms with Crippen molar-refractivity contribution in [2.45, 2.75) is 65.8 Å². The second kappa shape index (κ2) is 10.7. The lowest BCUT2D eigenvalue weighted by molar-refractivity contribution is 0.0697. The number of aromatic nitrogens is 2. The van der Waals surface area contributed by atoms with Crippen molar-refractivity contribution in [2.24, 2.45) is 0 Å². The predicted octanol–water partition coefficient (Wildman–Crippen LogP) is 6.20. The minimum atomic E-state index is -0.928. The van der Waals surface area contributed by atoms with Crippen LogP contribution in [0.4, 0.5) is 5.95 Å². The molecule has 152 valence electrons. The number of aromatic carboxylic acids is 1. The second-order valence-corrected chi connectivity index (χ2v) is 7.23. The van der Waals surface area contributed by atoms with E-state index in [4.69, 9.17) is 4.98 Å². The first-order valence-electron chi connectivity index (χ1n) is 10.3. The monoisotopic (exact) mass is 383 g/mol. The summed E-state index contributed by atoms with van der Waals surface area (Å²) in [5, 5.41) is 12.8. The Morgan fingerprint density at radius 1 is 1.29 bits per heavy atom. The highest BCUT2D eigenvalue weighted by atomic mass is 16.4. The van der Waals surface area contributed by atoms with E-state index in [2.05, 4.69) is 35.9 Å². The van der Waals surface area contributed by atoms with E-state index < -0.39 is 5.97 Å². The Bertz CT molecular complexity index is 849. The summed E-state index contributed by atoms with van der Waals surface area (Å²) in [6.45, 7) is 9.14. The van der Waals surface area contributed by atoms with Crippen LogP contribution in [0.1, 0.15) is 76.2 Å². The average molecular weight is 384 g/mol. The van der Waals surface area contributed by atoms with E-state index in [-0.39, 0.29) is 11.6 Å². The van der Waals surface area contributed by atoms with E-state index in [1.54, 1.807) is 12.1 Å². The van der Waals surface area contributed by atoms with Gasteiger partial charge in [0.2, 0.25) is 5.95 Å². The maximum Gasteiger partial charge on any atom is 0.335 e. The Labute approximate surface area is 168 Å². The summed E-state index contributed by atoms with van der Waals surface area (Å²) in [6.07, 6.45) is 12.2. The van der Waals surface area contributed by atoms with Crippen LogP contribution in [0.5, 0.6) is 0 Å². The number of rotatable bonds is 11. The lowest BCUT2D eigenvalue weighted by Gasteiger charge is -2.18. The van der Waals surface area contributed by atoms with Gasteiger partial charge in [0.05, 0.1) is 16.6 Å². The Morgan fingerprint density at radius 3 is 2.71 bits per heavy atom. The number of carbonyl (C=O) groups is 1. The van der Waals surface area contributed by atoms with Crippen LogP contribution in [0, 0.1) is 0 Å². The summed E-state index contributed by atoms with van der Waals surface area (Å²) in [6, 6.07) is 5.48. The zero-order chi connectivity index (χ0) is 20.5. The molecular weight excluding hydrogens is 350 g/mol. The van der Waals surface area contributed by atoms with Gasteiger partial charge in [-0.3, -0.25) is 0 Å². The summed E-state index contributed by atoms with van der Waals surface area (Å²) in [5.74, 6) is -0.132. The first-order valence-corrected chi connectivity index (χ1v) is 10.3. The van der Waals surface area contributed by atoms with Crippen LogP contribution in [0.2, 0.25) is 0 Å². The fourth-order valence-electron chi connectivity index (χ4n) is 3.45. The third kappa shape index (κ3) is 5.47. The predicted molar refractivity (Wildman–Crippen MR) is 117 cm³/mol. The summed E-state index contributed by atoms with van der Waals surface area (Å²) in [7, 11) is 0. The molecule has 1 unspecified atom stereocenters. The molecule has 0 aliphatic rings. The highest BCUT2D eigenvalue weighted by molar-refractivity contribution is 5.93. The molecule has 1 atom stereocenters. The number of hydrogen-bond acceptors (Lipinski definition) is 3. The van der Waals surface area contributed by atoms with Gasteiger partial charge < -0.3 is 15.0 Å². The molecule has 28 heavy (non-hydrogen) atoms. The van der Waals surface area contributed by atoms with Gasteiger partial charge in [-0.05, 0) is 51.0 Å². The highest BCUT2D eigenvalue weighted by Gasteiger charge is 2.17. The zero-order valence-electron chi connectivity index (χ0n) is 17.5. The van der Waals surface area contributed by atoms with Crippen LogP contribution in [0.15, 0.2) is 42.0 Å². The molecule has 0 aliphatic carbocycles. The Balaban J connectivity index is 2.34. The first-order chi connectivity index (χ1) is 13.5. The molecule has 0 fully saturated rings. The maximum absolute atomic E-state index is 11.3. The summed E-state index contributed by atoms with van der Waals surface area (Å²) >= 11 is 0. The molecule has 0 aliphatic heterocycles. The number of benzene rings is 1. The number of carboxylic acid groups (broad SMARTS) is 1. The third-order valence-electron chi connectivity index (χ3n) is 5.05. The minimum absolute atomic E-state index is 0.266. The number of fused-ring (bicyclic) bond motifs is 1. The fourth-order valence-corrected chi connectivity index (χ4v) is 3.45. The van der Waals surface area contributed by atoms with Gasteiger partial charge in [-0.1, -0.05) is 50.8 Å². The second-order valence-electron chi connectivity index (χ2n) is 7.23. The van der Waals surface area contributed by atoms with Crippen LogP contribution in [-0.2, 0) is 0 Å². The van der Waals surface area contributed by atoms with Crippen molar-refractivity contribution in [3.63, 3.8) is 0 Å². The topological polar surface area (TPSA) is 67.2 Å². The normalized spacial score (nSPS) is 13.4. The molecule has 2 N–H and O–H groups in total. The van der Waals surface area contributed by atoms with Crippen molar-refractivity contribution in [3.8, 4) is 0 Å². The van der Waals surface area contributed by atoms with E-state index in [1.165, 1.54) is 31.3 Å². The number of allylic oxidation sites excluding steroid dienone is 2. The number of imidazole rings is 1. The molecule has 1 heterocycles. The molecule has 0 saturated heterocycles. The minimum Gasteiger partial charge on any atom is -0.478 e. The fraction of sp³-hybridized carbons (Fsp3) is 0.478. The Hall–Kier alpha value is -2.56. The lowest BCUT2D eigenvalue weighted by Crippen LogP contribution is -2.13. The molecule has 5 heteroatoms. The van der Waals surface area contributed by atoms with Crippen molar-refractivity contribution in [1.29, 1.82) is 0 Å². The lowest BCUT2D eigenvalue weighted by atomic mass is 10.1. The van der Waals surface area contributed by atoms with Gasteiger partial charge in [0.25, 0.3) is 0 Å². The number of nitrogens with one attached hydrogen (secondary N) is 1. The molecule has 1 aromatic carbocycles. The number of nitrogens with zero attached hydrogens (tertiary/aromatic N) is 2. The molecule has 0 amide bonds. The average Bonchev–Trinajstić information content (AvgIpc) is 3.05. The maximum atomic E-state index is 11.3. The van der Waals surface area contributed by atoms with Gasteiger partial charge in [-0.2, -0.15) is 0 Å². The van der Waals surface area contributed by atoms with Gasteiger partial charge in [-0.15, -0.1) is 0 Å². The van der Waals surface area contributed by atoms with Crippen molar-refractivity contribution in [1.82, 2.24) is 9.55 Å². The van der Waals surface area contributed by atoms with Crippen molar-refractivity contribution < 1.29 is 9.90 Å². The molecule has 1 aromatic heterocycles. The van der Waals surface area contributed by atoms with E-state index >= 15 is 0 Å². The molecule has 0 bridgehead atoms. The number of unbranched alkanes of at least 4 members (excludes halogenated alkanes) is 3. The van der Waals surface area contributed by atoms with Gasteiger partial charge in [0.15, 0.2) is 0 Å².